The normalized spacial score (nSPS) is 37.7. The van der Waals surface area contributed by atoms with Crippen molar-refractivity contribution in [2.45, 2.75) is 89.1 Å². The smallest absolute Gasteiger partial charge is 0.169 e. The van der Waals surface area contributed by atoms with E-state index in [9.17, 15) is 0 Å². The molecular formula is C24H37NO2. The van der Waals surface area contributed by atoms with Crippen LogP contribution in [0.1, 0.15) is 76.7 Å². The lowest BCUT2D eigenvalue weighted by Gasteiger charge is -2.41. The Morgan fingerprint density at radius 2 is 1.89 bits per heavy atom. The maximum absolute atomic E-state index is 6.57. The van der Waals surface area contributed by atoms with Crippen LogP contribution in [0.15, 0.2) is 30.3 Å². The summed E-state index contributed by atoms with van der Waals surface area (Å²) in [5.41, 5.74) is 1.48. The van der Waals surface area contributed by atoms with Gasteiger partial charge >= 0.3 is 0 Å². The molecular weight excluding hydrogens is 334 g/mol. The molecule has 3 heteroatoms. The second-order valence-corrected chi connectivity index (χ2v) is 9.12. The van der Waals surface area contributed by atoms with Gasteiger partial charge in [0, 0.05) is 25.4 Å². The van der Waals surface area contributed by atoms with E-state index < -0.39 is 0 Å². The Morgan fingerprint density at radius 1 is 1.11 bits per heavy atom. The fourth-order valence-corrected chi connectivity index (χ4v) is 5.67. The van der Waals surface area contributed by atoms with E-state index in [0.717, 1.165) is 38.0 Å². The van der Waals surface area contributed by atoms with Gasteiger partial charge in [-0.3, -0.25) is 4.90 Å². The molecule has 0 bridgehead atoms. The van der Waals surface area contributed by atoms with Crippen molar-refractivity contribution in [1.29, 1.82) is 0 Å². The third kappa shape index (κ3) is 4.41. The molecule has 0 N–H and O–H groups in total. The van der Waals surface area contributed by atoms with Gasteiger partial charge in [-0.25, -0.2) is 0 Å². The molecule has 3 unspecified atom stereocenters. The van der Waals surface area contributed by atoms with E-state index >= 15 is 0 Å². The maximum Gasteiger partial charge on any atom is 0.169 e. The molecule has 27 heavy (non-hydrogen) atoms. The van der Waals surface area contributed by atoms with Crippen LogP contribution in [0.2, 0.25) is 0 Å². The summed E-state index contributed by atoms with van der Waals surface area (Å²) in [4.78, 5) is 2.71. The van der Waals surface area contributed by atoms with Gasteiger partial charge in [0.1, 0.15) is 0 Å². The van der Waals surface area contributed by atoms with Crippen LogP contribution in [-0.2, 0) is 9.47 Å². The third-order valence-electron chi connectivity index (χ3n) is 7.19. The lowest BCUT2D eigenvalue weighted by molar-refractivity contribution is -0.191. The van der Waals surface area contributed by atoms with Gasteiger partial charge in [-0.2, -0.15) is 0 Å². The number of piperidine rings is 1. The Bertz CT molecular complexity index is 581. The van der Waals surface area contributed by atoms with Gasteiger partial charge in [-0.05, 0) is 56.0 Å². The first-order chi connectivity index (χ1) is 13.2. The van der Waals surface area contributed by atoms with Gasteiger partial charge in [0.25, 0.3) is 0 Å². The van der Waals surface area contributed by atoms with E-state index in [-0.39, 0.29) is 11.9 Å². The number of ether oxygens (including phenoxy) is 2. The molecule has 3 atom stereocenters. The Balaban J connectivity index is 1.31. The average Bonchev–Trinajstić information content (AvgIpc) is 3.08. The molecule has 3 fully saturated rings. The molecule has 4 rings (SSSR count). The topological polar surface area (TPSA) is 21.7 Å². The fraction of sp³-hybridized carbons (Fsp3) is 0.750. The number of likely N-dealkylation sites (tertiary alicyclic amines) is 1. The van der Waals surface area contributed by atoms with Crippen LogP contribution in [-0.4, -0.2) is 42.5 Å². The zero-order chi connectivity index (χ0) is 18.7. The van der Waals surface area contributed by atoms with Crippen LogP contribution in [0.4, 0.5) is 0 Å². The number of hydrogen-bond donors (Lipinski definition) is 0. The second-order valence-electron chi connectivity index (χ2n) is 9.12. The molecule has 1 aliphatic carbocycles. The molecule has 1 spiro atoms. The molecule has 0 amide bonds. The molecule has 0 aromatic heterocycles. The number of nitrogens with zero attached hydrogens (tertiary/aromatic N) is 1. The Morgan fingerprint density at radius 3 is 2.63 bits per heavy atom. The summed E-state index contributed by atoms with van der Waals surface area (Å²) in [6.07, 6.45) is 9.99. The highest BCUT2D eigenvalue weighted by atomic mass is 16.7. The minimum atomic E-state index is -0.294. The molecule has 0 radical (unpaired) electrons. The van der Waals surface area contributed by atoms with E-state index in [1.54, 1.807) is 0 Å². The first-order valence-electron chi connectivity index (χ1n) is 11.3. The molecule has 1 aromatic rings. The Hall–Kier alpha value is -0.900. The van der Waals surface area contributed by atoms with Crippen molar-refractivity contribution in [3.8, 4) is 0 Å². The maximum atomic E-state index is 6.57. The summed E-state index contributed by atoms with van der Waals surface area (Å²) in [6, 6.07) is 11.7. The van der Waals surface area contributed by atoms with E-state index in [2.05, 4.69) is 49.1 Å². The molecule has 2 aliphatic heterocycles. The second kappa shape index (κ2) is 8.63. The Kier molecular flexibility index (Phi) is 6.21. The predicted octanol–water partition coefficient (Wildman–Crippen LogP) is 5.36. The third-order valence-corrected chi connectivity index (χ3v) is 7.19. The quantitative estimate of drug-likeness (QED) is 0.696. The summed E-state index contributed by atoms with van der Waals surface area (Å²) < 4.78 is 12.9. The monoisotopic (exact) mass is 371 g/mol. The highest BCUT2D eigenvalue weighted by Gasteiger charge is 2.45. The molecule has 150 valence electrons. The first-order valence-corrected chi connectivity index (χ1v) is 11.3. The minimum absolute atomic E-state index is 0.253. The van der Waals surface area contributed by atoms with Crippen LogP contribution < -0.4 is 0 Å². The number of rotatable bonds is 5. The van der Waals surface area contributed by atoms with Gasteiger partial charge in [0.05, 0.1) is 12.7 Å². The van der Waals surface area contributed by atoms with Gasteiger partial charge < -0.3 is 9.47 Å². The molecule has 1 saturated carbocycles. The highest BCUT2D eigenvalue weighted by molar-refractivity contribution is 5.20. The lowest BCUT2D eigenvalue weighted by atomic mass is 9.81. The summed E-state index contributed by atoms with van der Waals surface area (Å²) in [6.45, 7) is 7.82. The van der Waals surface area contributed by atoms with Crippen molar-refractivity contribution in [1.82, 2.24) is 4.90 Å². The molecule has 3 aliphatic rings. The van der Waals surface area contributed by atoms with Crippen molar-refractivity contribution < 1.29 is 9.47 Å². The van der Waals surface area contributed by atoms with Gasteiger partial charge in [0.15, 0.2) is 5.79 Å². The Labute approximate surface area is 165 Å². The first kappa shape index (κ1) is 19.4. The zero-order valence-corrected chi connectivity index (χ0v) is 17.2. The summed E-state index contributed by atoms with van der Waals surface area (Å²) in [5, 5.41) is 0. The van der Waals surface area contributed by atoms with Crippen molar-refractivity contribution in [2.75, 3.05) is 19.7 Å². The van der Waals surface area contributed by atoms with E-state index in [4.69, 9.17) is 9.47 Å². The summed E-state index contributed by atoms with van der Waals surface area (Å²) in [7, 11) is 0. The standard InChI is InChI=1S/C24H37NO2/c1-3-8-23-19(2)9-7-16-25(23)17-22-18-26-24(27-22)14-12-21(13-15-24)20-10-5-4-6-11-20/h4-6,10-11,19,21-23H,3,7-9,12-18H2,1-2H3. The van der Waals surface area contributed by atoms with Gasteiger partial charge in [-0.15, -0.1) is 0 Å². The van der Waals surface area contributed by atoms with Crippen LogP contribution in [0.25, 0.3) is 0 Å². The van der Waals surface area contributed by atoms with Crippen molar-refractivity contribution in [2.24, 2.45) is 5.92 Å². The van der Waals surface area contributed by atoms with Crippen molar-refractivity contribution in [3.63, 3.8) is 0 Å². The zero-order valence-electron chi connectivity index (χ0n) is 17.2. The average molecular weight is 372 g/mol. The van der Waals surface area contributed by atoms with Crippen molar-refractivity contribution in [3.05, 3.63) is 35.9 Å². The molecule has 3 nitrogen and oxygen atoms in total. The number of hydrogen-bond acceptors (Lipinski definition) is 3. The van der Waals surface area contributed by atoms with E-state index in [1.807, 2.05) is 0 Å². The molecule has 2 saturated heterocycles. The van der Waals surface area contributed by atoms with Crippen LogP contribution in [0.3, 0.4) is 0 Å². The van der Waals surface area contributed by atoms with Crippen LogP contribution >= 0.6 is 0 Å². The lowest BCUT2D eigenvalue weighted by Crippen LogP contribution is -2.48. The highest BCUT2D eigenvalue weighted by Crippen LogP contribution is 2.44. The molecule has 1 aromatic carbocycles. The summed E-state index contributed by atoms with van der Waals surface area (Å²) >= 11 is 0. The van der Waals surface area contributed by atoms with Crippen LogP contribution in [0.5, 0.6) is 0 Å². The molecule has 2 heterocycles. The van der Waals surface area contributed by atoms with E-state index in [0.29, 0.717) is 5.92 Å². The van der Waals surface area contributed by atoms with E-state index in [1.165, 1.54) is 50.6 Å². The fourth-order valence-electron chi connectivity index (χ4n) is 5.67. The van der Waals surface area contributed by atoms with Crippen molar-refractivity contribution >= 4 is 0 Å². The number of benzene rings is 1. The SMILES string of the molecule is CCCC1C(C)CCCN1CC1COC2(CCC(c3ccccc3)CC2)O1. The van der Waals surface area contributed by atoms with Gasteiger partial charge in [-0.1, -0.05) is 50.6 Å². The van der Waals surface area contributed by atoms with Crippen LogP contribution in [0, 0.1) is 5.92 Å². The largest absolute Gasteiger partial charge is 0.347 e. The summed E-state index contributed by atoms with van der Waals surface area (Å²) in [5.74, 6) is 1.19. The minimum Gasteiger partial charge on any atom is -0.347 e. The van der Waals surface area contributed by atoms with Gasteiger partial charge in [0.2, 0.25) is 0 Å². The predicted molar refractivity (Wildman–Crippen MR) is 110 cm³/mol.